The number of aryl methyl sites for hydroxylation is 1. The summed E-state index contributed by atoms with van der Waals surface area (Å²) in [6, 6.07) is 9.55. The predicted molar refractivity (Wildman–Crippen MR) is 116 cm³/mol. The van der Waals surface area contributed by atoms with E-state index in [9.17, 15) is 4.79 Å². The van der Waals surface area contributed by atoms with E-state index in [2.05, 4.69) is 38.5 Å². The second kappa shape index (κ2) is 8.52. The number of benzene rings is 1. The molecule has 0 unspecified atom stereocenters. The molecule has 1 N–H and O–H groups in total. The lowest BCUT2D eigenvalue weighted by molar-refractivity contribution is 0.102. The third kappa shape index (κ3) is 3.98. The Bertz CT molecular complexity index is 1040. The first kappa shape index (κ1) is 19.9. The van der Waals surface area contributed by atoms with Gasteiger partial charge in [0.05, 0.1) is 24.1 Å². The summed E-state index contributed by atoms with van der Waals surface area (Å²) in [4.78, 5) is 15.2. The van der Waals surface area contributed by atoms with Crippen molar-refractivity contribution < 1.29 is 9.53 Å². The molecule has 0 radical (unpaired) electrons. The summed E-state index contributed by atoms with van der Waals surface area (Å²) in [5.74, 6) is 0.781. The van der Waals surface area contributed by atoms with Gasteiger partial charge in [-0.15, -0.1) is 10.2 Å². The number of carbonyl (C=O) groups excluding carboxylic acids is 1. The fourth-order valence-corrected chi connectivity index (χ4v) is 3.76. The van der Waals surface area contributed by atoms with Crippen molar-refractivity contribution in [2.24, 2.45) is 0 Å². The Hall–Kier alpha value is -3.42. The van der Waals surface area contributed by atoms with E-state index in [0.29, 0.717) is 29.6 Å². The lowest BCUT2D eigenvalue weighted by atomic mass is 10.1. The number of ether oxygens (including phenoxy) is 1. The normalized spacial score (nSPS) is 13.5. The maximum absolute atomic E-state index is 12.8. The van der Waals surface area contributed by atoms with E-state index < -0.39 is 0 Å². The van der Waals surface area contributed by atoms with Gasteiger partial charge in [0, 0.05) is 30.5 Å². The Kier molecular flexibility index (Phi) is 5.65. The van der Waals surface area contributed by atoms with Crippen LogP contribution in [0.2, 0.25) is 0 Å². The van der Waals surface area contributed by atoms with Gasteiger partial charge in [0.1, 0.15) is 0 Å². The van der Waals surface area contributed by atoms with Crippen LogP contribution >= 0.6 is 0 Å². The first-order chi connectivity index (χ1) is 14.6. The molecule has 1 aromatic carbocycles. The van der Waals surface area contributed by atoms with Gasteiger partial charge in [-0.2, -0.15) is 5.10 Å². The number of carbonyl (C=O) groups is 1. The van der Waals surface area contributed by atoms with Crippen molar-refractivity contribution in [2.45, 2.75) is 33.6 Å². The average Bonchev–Trinajstić information content (AvgIpc) is 3.39. The molecule has 0 saturated carbocycles. The molecule has 0 aliphatic carbocycles. The van der Waals surface area contributed by atoms with Gasteiger partial charge in [-0.05, 0) is 63.4 Å². The van der Waals surface area contributed by atoms with Crippen molar-refractivity contribution in [2.75, 3.05) is 29.9 Å². The number of anilines is 2. The highest BCUT2D eigenvalue weighted by Crippen LogP contribution is 2.27. The molecule has 1 aliphatic rings. The number of hydrogen-bond donors (Lipinski definition) is 1. The molecule has 2 aromatic heterocycles. The van der Waals surface area contributed by atoms with Crippen molar-refractivity contribution in [3.63, 3.8) is 0 Å². The van der Waals surface area contributed by atoms with Crippen molar-refractivity contribution in [1.82, 2.24) is 20.0 Å². The molecule has 0 atom stereocenters. The quantitative estimate of drug-likeness (QED) is 0.674. The van der Waals surface area contributed by atoms with Crippen LogP contribution in [-0.2, 0) is 0 Å². The van der Waals surface area contributed by atoms with Crippen LogP contribution in [0.25, 0.3) is 5.82 Å². The minimum atomic E-state index is -0.203. The van der Waals surface area contributed by atoms with Crippen LogP contribution in [0.15, 0.2) is 36.5 Å². The van der Waals surface area contributed by atoms with Gasteiger partial charge in [0.25, 0.3) is 5.91 Å². The first-order valence-electron chi connectivity index (χ1n) is 10.3. The third-order valence-corrected chi connectivity index (χ3v) is 5.29. The minimum Gasteiger partial charge on any atom is -0.477 e. The van der Waals surface area contributed by atoms with Crippen LogP contribution in [0.1, 0.15) is 41.4 Å². The van der Waals surface area contributed by atoms with Crippen molar-refractivity contribution in [1.29, 1.82) is 0 Å². The van der Waals surface area contributed by atoms with Gasteiger partial charge in [-0.1, -0.05) is 0 Å². The smallest absolute Gasteiger partial charge is 0.259 e. The molecule has 1 saturated heterocycles. The van der Waals surface area contributed by atoms with E-state index >= 15 is 0 Å². The lowest BCUT2D eigenvalue weighted by Crippen LogP contribution is -2.19. The Labute approximate surface area is 175 Å². The summed E-state index contributed by atoms with van der Waals surface area (Å²) in [6.45, 7) is 8.52. The van der Waals surface area contributed by atoms with E-state index in [1.165, 1.54) is 18.5 Å². The van der Waals surface area contributed by atoms with Crippen LogP contribution in [0.3, 0.4) is 0 Å². The average molecular weight is 406 g/mol. The molecule has 0 bridgehead atoms. The summed E-state index contributed by atoms with van der Waals surface area (Å²) in [7, 11) is 0. The number of nitrogens with one attached hydrogen (secondary N) is 1. The number of hydrogen-bond acceptors (Lipinski definition) is 6. The standard InChI is InChI=1S/C22H26N6O2/c1-4-30-21-10-9-20(25-26-21)28-16(3)18(14-23-28)22(29)24-17-7-8-19(15(2)13-17)27-11-5-6-12-27/h7-10,13-14H,4-6,11-12H2,1-3H3,(H,24,29). The van der Waals surface area contributed by atoms with E-state index in [0.717, 1.165) is 24.3 Å². The molecule has 1 amide bonds. The molecule has 3 heterocycles. The second-order valence-electron chi connectivity index (χ2n) is 7.37. The summed E-state index contributed by atoms with van der Waals surface area (Å²) in [6.07, 6.45) is 4.02. The molecule has 0 spiro atoms. The zero-order valence-corrected chi connectivity index (χ0v) is 17.6. The fraction of sp³-hybridized carbons (Fsp3) is 0.364. The van der Waals surface area contributed by atoms with Gasteiger partial charge in [0.15, 0.2) is 5.82 Å². The Balaban J connectivity index is 1.49. The van der Waals surface area contributed by atoms with Crippen LogP contribution < -0.4 is 15.0 Å². The largest absolute Gasteiger partial charge is 0.477 e. The highest BCUT2D eigenvalue weighted by atomic mass is 16.5. The minimum absolute atomic E-state index is 0.203. The lowest BCUT2D eigenvalue weighted by Gasteiger charge is -2.20. The van der Waals surface area contributed by atoms with Crippen molar-refractivity contribution >= 4 is 17.3 Å². The summed E-state index contributed by atoms with van der Waals surface area (Å²) < 4.78 is 6.91. The van der Waals surface area contributed by atoms with Crippen molar-refractivity contribution in [3.8, 4) is 11.7 Å². The number of rotatable bonds is 6. The van der Waals surface area contributed by atoms with Crippen LogP contribution in [0.5, 0.6) is 5.88 Å². The fourth-order valence-electron chi connectivity index (χ4n) is 3.76. The molecular formula is C22H26N6O2. The molecule has 1 aliphatic heterocycles. The van der Waals surface area contributed by atoms with Crippen LogP contribution in [0, 0.1) is 13.8 Å². The maximum atomic E-state index is 12.8. The van der Waals surface area contributed by atoms with Crippen LogP contribution in [0.4, 0.5) is 11.4 Å². The Morgan fingerprint density at radius 2 is 1.93 bits per heavy atom. The molecule has 30 heavy (non-hydrogen) atoms. The maximum Gasteiger partial charge on any atom is 0.259 e. The first-order valence-corrected chi connectivity index (χ1v) is 10.3. The van der Waals surface area contributed by atoms with E-state index in [-0.39, 0.29) is 5.91 Å². The molecule has 156 valence electrons. The van der Waals surface area contributed by atoms with E-state index in [4.69, 9.17) is 4.74 Å². The number of amides is 1. The third-order valence-electron chi connectivity index (χ3n) is 5.29. The number of aromatic nitrogens is 4. The highest BCUT2D eigenvalue weighted by molar-refractivity contribution is 6.05. The second-order valence-corrected chi connectivity index (χ2v) is 7.37. The molecule has 3 aromatic rings. The van der Waals surface area contributed by atoms with E-state index in [1.54, 1.807) is 23.0 Å². The summed E-state index contributed by atoms with van der Waals surface area (Å²) in [5.41, 5.74) is 4.35. The van der Waals surface area contributed by atoms with Gasteiger partial charge in [-0.3, -0.25) is 4.79 Å². The van der Waals surface area contributed by atoms with Gasteiger partial charge < -0.3 is 15.0 Å². The van der Waals surface area contributed by atoms with Gasteiger partial charge in [-0.25, -0.2) is 4.68 Å². The molecule has 1 fully saturated rings. The van der Waals surface area contributed by atoms with Crippen LogP contribution in [-0.4, -0.2) is 45.6 Å². The SMILES string of the molecule is CCOc1ccc(-n2ncc(C(=O)Nc3ccc(N4CCCC4)c(C)c3)c2C)nn1. The Morgan fingerprint density at radius 1 is 1.13 bits per heavy atom. The van der Waals surface area contributed by atoms with Crippen molar-refractivity contribution in [3.05, 3.63) is 53.3 Å². The van der Waals surface area contributed by atoms with E-state index in [1.807, 2.05) is 26.0 Å². The molecule has 8 heteroatoms. The highest BCUT2D eigenvalue weighted by Gasteiger charge is 2.18. The molecular weight excluding hydrogens is 380 g/mol. The monoisotopic (exact) mass is 406 g/mol. The summed E-state index contributed by atoms with van der Waals surface area (Å²) >= 11 is 0. The zero-order valence-electron chi connectivity index (χ0n) is 17.6. The van der Waals surface area contributed by atoms with Gasteiger partial charge in [0.2, 0.25) is 5.88 Å². The predicted octanol–water partition coefficient (Wildman–Crippen LogP) is 3.53. The molecule has 4 rings (SSSR count). The number of nitrogens with zero attached hydrogens (tertiary/aromatic N) is 5. The zero-order chi connectivity index (χ0) is 21.1. The van der Waals surface area contributed by atoms with Gasteiger partial charge >= 0.3 is 0 Å². The molecule has 8 nitrogen and oxygen atoms in total. The topological polar surface area (TPSA) is 85.2 Å². The Morgan fingerprint density at radius 3 is 2.60 bits per heavy atom. The summed E-state index contributed by atoms with van der Waals surface area (Å²) in [5, 5.41) is 15.4.